The van der Waals surface area contributed by atoms with Crippen LogP contribution in [-0.2, 0) is 22.4 Å². The number of rotatable bonds is 18. The Hall–Kier alpha value is -2.62. The predicted octanol–water partition coefficient (Wildman–Crippen LogP) is -0.582. The van der Waals surface area contributed by atoms with Crippen molar-refractivity contribution in [2.24, 2.45) is 0 Å². The largest absolute Gasteiger partial charge is 0.443 e. The molecule has 5 atom stereocenters. The minimum atomic E-state index is -1.55. The Bertz CT molecular complexity index is 1090. The van der Waals surface area contributed by atoms with E-state index in [4.69, 9.17) is 19.7 Å². The van der Waals surface area contributed by atoms with Crippen LogP contribution in [0, 0.1) is 0 Å². The number of aromatic amines is 1. The average molecular weight is 609 g/mol. The third-order valence-electron chi connectivity index (χ3n) is 7.59. The fraction of sp³-hybridized carbons (Fsp3) is 0.667. The second-order valence-electron chi connectivity index (χ2n) is 11.2. The van der Waals surface area contributed by atoms with E-state index in [2.05, 4.69) is 15.5 Å². The van der Waals surface area contributed by atoms with Gasteiger partial charge in [-0.25, -0.2) is 0 Å². The number of aliphatic hydroxyl groups excluding tert-OH is 6. The van der Waals surface area contributed by atoms with Gasteiger partial charge in [-0.1, -0.05) is 38.1 Å². The Morgan fingerprint density at radius 1 is 1.00 bits per heavy atom. The molecule has 1 aromatic heterocycles. The van der Waals surface area contributed by atoms with Gasteiger partial charge in [-0.05, 0) is 42.9 Å². The molecule has 43 heavy (non-hydrogen) atoms. The highest BCUT2D eigenvalue weighted by molar-refractivity contribution is 5.75. The van der Waals surface area contributed by atoms with Crippen LogP contribution in [0.15, 0.2) is 24.3 Å². The SMILES string of the molecule is CC(C)c1[nH]nc(O[C@@H]2O[C@H](CO)[C@@H](O)[C@H](O)[C@H]2O)c1Cc1ccc(CCCC(=O)NCCCN(CCO)CCO)cc1. The van der Waals surface area contributed by atoms with Gasteiger partial charge in [0, 0.05) is 43.7 Å². The first-order valence-corrected chi connectivity index (χ1v) is 15.0. The molecule has 13 heteroatoms. The average Bonchev–Trinajstić information content (AvgIpc) is 3.38. The molecule has 242 valence electrons. The standard InChI is InChI=1S/C30H48N4O9/c1-19(2)25-22(29(33-32-25)43-30-28(41)27(40)26(39)23(18-37)42-30)17-21-9-7-20(8-10-21)5-3-6-24(38)31-11-4-12-34(13-15-35)14-16-36/h7-10,19,23,26-28,30,35-37,39-41H,3-6,11-18H2,1-2H3,(H,31,38)(H,32,33)/t23-,26-,27+,28-,30+/m1/s1. The molecule has 0 bridgehead atoms. The number of benzene rings is 1. The fourth-order valence-corrected chi connectivity index (χ4v) is 5.10. The Morgan fingerprint density at radius 3 is 2.30 bits per heavy atom. The molecule has 8 N–H and O–H groups in total. The number of nitrogens with zero attached hydrogens (tertiary/aromatic N) is 2. The molecule has 0 unspecified atom stereocenters. The first kappa shape index (κ1) is 34.9. The van der Waals surface area contributed by atoms with E-state index in [0.717, 1.165) is 35.2 Å². The number of hydrogen-bond acceptors (Lipinski definition) is 11. The summed E-state index contributed by atoms with van der Waals surface area (Å²) in [5, 5.41) is 68.4. The number of aliphatic hydroxyl groups is 6. The minimum absolute atomic E-state index is 0.000546. The van der Waals surface area contributed by atoms with Crippen LogP contribution in [0.5, 0.6) is 5.88 Å². The molecule has 1 aliphatic heterocycles. The highest BCUT2D eigenvalue weighted by atomic mass is 16.7. The summed E-state index contributed by atoms with van der Waals surface area (Å²) in [6, 6.07) is 8.07. The summed E-state index contributed by atoms with van der Waals surface area (Å²) in [5.74, 6) is 0.304. The summed E-state index contributed by atoms with van der Waals surface area (Å²) < 4.78 is 11.4. The van der Waals surface area contributed by atoms with E-state index >= 15 is 0 Å². The molecule has 0 saturated carbocycles. The zero-order valence-corrected chi connectivity index (χ0v) is 25.1. The second-order valence-corrected chi connectivity index (χ2v) is 11.2. The van der Waals surface area contributed by atoms with Crippen LogP contribution in [0.3, 0.4) is 0 Å². The molecule has 2 heterocycles. The van der Waals surface area contributed by atoms with Crippen LogP contribution < -0.4 is 10.1 Å². The van der Waals surface area contributed by atoms with Gasteiger partial charge in [0.15, 0.2) is 0 Å². The van der Waals surface area contributed by atoms with Crippen LogP contribution in [0.4, 0.5) is 0 Å². The van der Waals surface area contributed by atoms with Crippen molar-refractivity contribution in [3.63, 3.8) is 0 Å². The lowest BCUT2D eigenvalue weighted by atomic mass is 9.97. The van der Waals surface area contributed by atoms with E-state index in [1.165, 1.54) is 0 Å². The molecule has 13 nitrogen and oxygen atoms in total. The van der Waals surface area contributed by atoms with Gasteiger partial charge in [-0.15, -0.1) is 5.10 Å². The van der Waals surface area contributed by atoms with E-state index in [1.807, 2.05) is 43.0 Å². The molecule has 0 radical (unpaired) electrons. The van der Waals surface area contributed by atoms with Crippen LogP contribution in [0.25, 0.3) is 0 Å². The van der Waals surface area contributed by atoms with Crippen LogP contribution in [0.1, 0.15) is 61.4 Å². The van der Waals surface area contributed by atoms with Crippen molar-refractivity contribution in [1.82, 2.24) is 20.4 Å². The van der Waals surface area contributed by atoms with Crippen molar-refractivity contribution in [3.8, 4) is 5.88 Å². The number of aromatic nitrogens is 2. The number of aryl methyl sites for hydroxylation is 1. The molecular formula is C30H48N4O9. The number of ether oxygens (including phenoxy) is 2. The molecule has 3 rings (SSSR count). The number of amides is 1. The molecule has 1 amide bonds. The Balaban J connectivity index is 1.51. The van der Waals surface area contributed by atoms with Crippen molar-refractivity contribution < 1.29 is 44.9 Å². The van der Waals surface area contributed by atoms with Gasteiger partial charge in [0.05, 0.1) is 19.8 Å². The number of H-pyrrole nitrogens is 1. The van der Waals surface area contributed by atoms with Crippen LogP contribution in [-0.4, -0.2) is 128 Å². The van der Waals surface area contributed by atoms with Crippen LogP contribution >= 0.6 is 0 Å². The van der Waals surface area contributed by atoms with Crippen molar-refractivity contribution in [1.29, 1.82) is 0 Å². The maximum Gasteiger partial charge on any atom is 0.238 e. The van der Waals surface area contributed by atoms with Crippen molar-refractivity contribution >= 4 is 5.91 Å². The highest BCUT2D eigenvalue weighted by Crippen LogP contribution is 2.31. The highest BCUT2D eigenvalue weighted by Gasteiger charge is 2.45. The summed E-state index contributed by atoms with van der Waals surface area (Å²) in [6.07, 6.45) is -3.86. The summed E-state index contributed by atoms with van der Waals surface area (Å²) in [5.41, 5.74) is 3.73. The molecule has 1 fully saturated rings. The lowest BCUT2D eigenvalue weighted by Crippen LogP contribution is -2.60. The number of hydrogen-bond donors (Lipinski definition) is 8. The topological polar surface area (TPSA) is 201 Å². The van der Waals surface area contributed by atoms with Crippen LogP contribution in [0.2, 0.25) is 0 Å². The molecular weight excluding hydrogens is 560 g/mol. The van der Waals surface area contributed by atoms with E-state index in [1.54, 1.807) is 0 Å². The normalized spacial score (nSPS) is 22.3. The Kier molecular flexibility index (Phi) is 14.3. The summed E-state index contributed by atoms with van der Waals surface area (Å²) in [6.45, 7) is 5.81. The quantitative estimate of drug-likeness (QED) is 0.101. The lowest BCUT2D eigenvalue weighted by Gasteiger charge is -2.39. The minimum Gasteiger partial charge on any atom is -0.443 e. The van der Waals surface area contributed by atoms with Gasteiger partial charge in [0.1, 0.15) is 24.4 Å². The van der Waals surface area contributed by atoms with E-state index in [-0.39, 0.29) is 30.9 Å². The van der Waals surface area contributed by atoms with Gasteiger partial charge in [-0.3, -0.25) is 14.8 Å². The van der Waals surface area contributed by atoms with Gasteiger partial charge in [0.2, 0.25) is 18.1 Å². The van der Waals surface area contributed by atoms with Gasteiger partial charge < -0.3 is 45.4 Å². The maximum atomic E-state index is 12.2. The zero-order chi connectivity index (χ0) is 31.4. The number of nitrogens with one attached hydrogen (secondary N) is 2. The second kappa shape index (κ2) is 17.6. The third kappa shape index (κ3) is 10.2. The first-order valence-electron chi connectivity index (χ1n) is 15.0. The third-order valence-corrected chi connectivity index (χ3v) is 7.59. The Morgan fingerprint density at radius 2 is 1.67 bits per heavy atom. The molecule has 1 aromatic carbocycles. The first-order chi connectivity index (χ1) is 20.7. The van der Waals surface area contributed by atoms with Crippen molar-refractivity contribution in [2.75, 3.05) is 46.0 Å². The zero-order valence-electron chi connectivity index (χ0n) is 25.1. The Labute approximate surface area is 252 Å². The summed E-state index contributed by atoms with van der Waals surface area (Å²) in [4.78, 5) is 14.2. The van der Waals surface area contributed by atoms with Gasteiger partial charge in [-0.2, -0.15) is 0 Å². The van der Waals surface area contributed by atoms with E-state index < -0.39 is 37.3 Å². The smallest absolute Gasteiger partial charge is 0.238 e. The molecule has 1 aliphatic rings. The monoisotopic (exact) mass is 608 g/mol. The lowest BCUT2D eigenvalue weighted by molar-refractivity contribution is -0.278. The van der Waals surface area contributed by atoms with E-state index in [9.17, 15) is 25.2 Å². The summed E-state index contributed by atoms with van der Waals surface area (Å²) >= 11 is 0. The number of carbonyl (C=O) groups excluding carboxylic acids is 1. The predicted molar refractivity (Wildman–Crippen MR) is 157 cm³/mol. The fourth-order valence-electron chi connectivity index (χ4n) is 5.10. The molecule has 1 saturated heterocycles. The molecule has 2 aromatic rings. The van der Waals surface area contributed by atoms with Gasteiger partial charge >= 0.3 is 0 Å². The maximum absolute atomic E-state index is 12.2. The van der Waals surface area contributed by atoms with E-state index in [0.29, 0.717) is 45.4 Å². The van der Waals surface area contributed by atoms with Crippen molar-refractivity contribution in [2.45, 2.75) is 82.6 Å². The number of carbonyl (C=O) groups is 1. The molecule has 0 spiro atoms. The molecule has 0 aliphatic carbocycles. The van der Waals surface area contributed by atoms with Gasteiger partial charge in [0.25, 0.3) is 0 Å². The summed E-state index contributed by atoms with van der Waals surface area (Å²) in [7, 11) is 0. The van der Waals surface area contributed by atoms with Crippen molar-refractivity contribution in [3.05, 3.63) is 46.6 Å².